The standard InChI is InChI=1S/C22H23N3S/c1-16-25-20(15-26-16)13-6-5-8-17-9-7-12-19(14-17)22(24)21(23)18-10-3-2-4-11-18/h2-4,7,9-12,14-15,23-24H,5-6,8,13H2,1H3. The van der Waals surface area contributed by atoms with Crippen molar-refractivity contribution in [1.29, 1.82) is 10.8 Å². The Kier molecular flexibility index (Phi) is 6.08. The van der Waals surface area contributed by atoms with Gasteiger partial charge in [-0.25, -0.2) is 4.98 Å². The fourth-order valence-electron chi connectivity index (χ4n) is 2.93. The van der Waals surface area contributed by atoms with Crippen molar-refractivity contribution in [2.75, 3.05) is 0 Å². The number of rotatable bonds is 8. The fraction of sp³-hybridized carbons (Fsp3) is 0.227. The molecule has 0 aliphatic heterocycles. The van der Waals surface area contributed by atoms with Crippen molar-refractivity contribution in [3.8, 4) is 0 Å². The van der Waals surface area contributed by atoms with Gasteiger partial charge in [-0.2, -0.15) is 0 Å². The molecule has 0 fully saturated rings. The van der Waals surface area contributed by atoms with Crippen LogP contribution in [0.25, 0.3) is 0 Å². The molecule has 0 bridgehead atoms. The molecule has 26 heavy (non-hydrogen) atoms. The summed E-state index contributed by atoms with van der Waals surface area (Å²) in [5.41, 5.74) is 4.55. The summed E-state index contributed by atoms with van der Waals surface area (Å²) in [6.45, 7) is 2.04. The summed E-state index contributed by atoms with van der Waals surface area (Å²) in [7, 11) is 0. The van der Waals surface area contributed by atoms with Gasteiger partial charge in [0.05, 0.1) is 22.1 Å². The lowest BCUT2D eigenvalue weighted by Crippen LogP contribution is -2.14. The molecular weight excluding hydrogens is 338 g/mol. The number of hydrogen-bond donors (Lipinski definition) is 2. The first-order valence-corrected chi connectivity index (χ1v) is 9.74. The van der Waals surface area contributed by atoms with E-state index in [0.29, 0.717) is 0 Å². The molecule has 1 aromatic heterocycles. The third-order valence-corrected chi connectivity index (χ3v) is 5.17. The number of hydrogen-bond acceptors (Lipinski definition) is 4. The molecule has 0 radical (unpaired) electrons. The average Bonchev–Trinajstić information content (AvgIpc) is 3.10. The molecule has 0 unspecified atom stereocenters. The van der Waals surface area contributed by atoms with E-state index in [1.165, 1.54) is 11.3 Å². The van der Waals surface area contributed by atoms with Crippen LogP contribution in [0.3, 0.4) is 0 Å². The topological polar surface area (TPSA) is 60.6 Å². The molecule has 2 N–H and O–H groups in total. The minimum absolute atomic E-state index is 0.265. The molecule has 0 amide bonds. The summed E-state index contributed by atoms with van der Waals surface area (Å²) in [5, 5.41) is 19.9. The molecular formula is C22H23N3S. The fourth-order valence-corrected chi connectivity index (χ4v) is 3.58. The van der Waals surface area contributed by atoms with E-state index in [1.807, 2.05) is 55.5 Å². The molecule has 0 spiro atoms. The number of aryl methyl sites for hydroxylation is 3. The largest absolute Gasteiger partial charge is 0.298 e. The van der Waals surface area contributed by atoms with E-state index in [-0.39, 0.29) is 11.4 Å². The zero-order chi connectivity index (χ0) is 18.4. The maximum absolute atomic E-state index is 8.37. The van der Waals surface area contributed by atoms with Crippen LogP contribution in [0.4, 0.5) is 0 Å². The Labute approximate surface area is 158 Å². The van der Waals surface area contributed by atoms with Gasteiger partial charge in [0.1, 0.15) is 0 Å². The molecule has 4 heteroatoms. The molecule has 1 heterocycles. The Morgan fingerprint density at radius 1 is 0.885 bits per heavy atom. The lowest BCUT2D eigenvalue weighted by Gasteiger charge is -2.09. The first-order chi connectivity index (χ1) is 12.6. The van der Waals surface area contributed by atoms with E-state index in [0.717, 1.165) is 41.8 Å². The van der Waals surface area contributed by atoms with Crippen molar-refractivity contribution in [3.05, 3.63) is 87.4 Å². The van der Waals surface area contributed by atoms with Crippen molar-refractivity contribution < 1.29 is 0 Å². The van der Waals surface area contributed by atoms with Crippen LogP contribution in [0.2, 0.25) is 0 Å². The molecule has 3 rings (SSSR count). The highest BCUT2D eigenvalue weighted by Crippen LogP contribution is 2.14. The minimum Gasteiger partial charge on any atom is -0.298 e. The zero-order valence-corrected chi connectivity index (χ0v) is 15.8. The van der Waals surface area contributed by atoms with Crippen LogP contribution in [0, 0.1) is 17.7 Å². The number of unbranched alkanes of at least 4 members (excludes halogenated alkanes) is 1. The third kappa shape index (κ3) is 4.73. The van der Waals surface area contributed by atoms with Crippen molar-refractivity contribution in [3.63, 3.8) is 0 Å². The van der Waals surface area contributed by atoms with Crippen molar-refractivity contribution >= 4 is 22.8 Å². The predicted octanol–water partition coefficient (Wildman–Crippen LogP) is 5.45. The molecule has 0 saturated heterocycles. The molecule has 0 atom stereocenters. The summed E-state index contributed by atoms with van der Waals surface area (Å²) in [4.78, 5) is 4.51. The monoisotopic (exact) mass is 361 g/mol. The second-order valence-electron chi connectivity index (χ2n) is 6.38. The maximum atomic E-state index is 8.37. The van der Waals surface area contributed by atoms with Crippen LogP contribution < -0.4 is 0 Å². The van der Waals surface area contributed by atoms with E-state index in [9.17, 15) is 0 Å². The van der Waals surface area contributed by atoms with Gasteiger partial charge < -0.3 is 0 Å². The van der Waals surface area contributed by atoms with E-state index in [1.54, 1.807) is 11.3 Å². The van der Waals surface area contributed by atoms with Gasteiger partial charge >= 0.3 is 0 Å². The first-order valence-electron chi connectivity index (χ1n) is 8.86. The minimum atomic E-state index is 0.265. The van der Waals surface area contributed by atoms with Crippen molar-refractivity contribution in [2.24, 2.45) is 0 Å². The molecule has 3 nitrogen and oxygen atoms in total. The lowest BCUT2D eigenvalue weighted by molar-refractivity contribution is 0.724. The van der Waals surface area contributed by atoms with Gasteiger partial charge in [0.2, 0.25) is 0 Å². The molecule has 0 aliphatic carbocycles. The Bertz CT molecular complexity index is 897. The average molecular weight is 362 g/mol. The number of nitrogens with zero attached hydrogens (tertiary/aromatic N) is 1. The van der Waals surface area contributed by atoms with Crippen LogP contribution in [0.15, 0.2) is 60.0 Å². The molecule has 132 valence electrons. The number of thiazole rings is 1. The Balaban J connectivity index is 1.57. The smallest absolute Gasteiger partial charge is 0.0897 e. The summed E-state index contributed by atoms with van der Waals surface area (Å²) >= 11 is 1.71. The molecule has 3 aromatic rings. The summed E-state index contributed by atoms with van der Waals surface area (Å²) in [6.07, 6.45) is 4.23. The van der Waals surface area contributed by atoms with Gasteiger partial charge in [-0.15, -0.1) is 11.3 Å². The highest BCUT2D eigenvalue weighted by molar-refractivity contribution is 7.09. The first kappa shape index (κ1) is 18.2. The van der Waals surface area contributed by atoms with Crippen LogP contribution >= 0.6 is 11.3 Å². The van der Waals surface area contributed by atoms with Gasteiger partial charge in [-0.05, 0) is 44.2 Å². The van der Waals surface area contributed by atoms with Gasteiger partial charge in [-0.1, -0.05) is 48.5 Å². The Morgan fingerprint density at radius 3 is 2.31 bits per heavy atom. The second-order valence-corrected chi connectivity index (χ2v) is 7.44. The molecule has 0 aliphatic rings. The van der Waals surface area contributed by atoms with Crippen LogP contribution in [-0.4, -0.2) is 16.4 Å². The van der Waals surface area contributed by atoms with E-state index in [2.05, 4.69) is 16.4 Å². The van der Waals surface area contributed by atoms with E-state index >= 15 is 0 Å². The van der Waals surface area contributed by atoms with E-state index < -0.39 is 0 Å². The lowest BCUT2D eigenvalue weighted by atomic mass is 9.97. The quantitative estimate of drug-likeness (QED) is 0.406. The normalized spacial score (nSPS) is 10.7. The Morgan fingerprint density at radius 2 is 1.58 bits per heavy atom. The van der Waals surface area contributed by atoms with Gasteiger partial charge in [0, 0.05) is 16.5 Å². The number of aromatic nitrogens is 1. The SMILES string of the molecule is Cc1nc(CCCCc2cccc(C(=N)C(=N)c3ccccc3)c2)cs1. The van der Waals surface area contributed by atoms with Gasteiger partial charge in [-0.3, -0.25) is 10.8 Å². The van der Waals surface area contributed by atoms with Crippen molar-refractivity contribution in [1.82, 2.24) is 4.98 Å². The highest BCUT2D eigenvalue weighted by atomic mass is 32.1. The van der Waals surface area contributed by atoms with Crippen LogP contribution in [0.5, 0.6) is 0 Å². The molecule has 0 saturated carbocycles. The Hall–Kier alpha value is -2.59. The van der Waals surface area contributed by atoms with Crippen LogP contribution in [-0.2, 0) is 12.8 Å². The second kappa shape index (κ2) is 8.68. The molecule has 2 aromatic carbocycles. The summed E-state index contributed by atoms with van der Waals surface area (Å²) in [5.74, 6) is 0. The van der Waals surface area contributed by atoms with Gasteiger partial charge in [0.15, 0.2) is 0 Å². The van der Waals surface area contributed by atoms with Crippen LogP contribution in [0.1, 0.15) is 40.2 Å². The van der Waals surface area contributed by atoms with Gasteiger partial charge in [0.25, 0.3) is 0 Å². The third-order valence-electron chi connectivity index (χ3n) is 4.34. The maximum Gasteiger partial charge on any atom is 0.0897 e. The predicted molar refractivity (Wildman–Crippen MR) is 110 cm³/mol. The summed E-state index contributed by atoms with van der Waals surface area (Å²) in [6, 6.07) is 17.5. The van der Waals surface area contributed by atoms with E-state index in [4.69, 9.17) is 10.8 Å². The zero-order valence-electron chi connectivity index (χ0n) is 15.0. The number of nitrogens with one attached hydrogen (secondary N) is 2. The summed E-state index contributed by atoms with van der Waals surface area (Å²) < 4.78 is 0. The highest BCUT2D eigenvalue weighted by Gasteiger charge is 2.10. The van der Waals surface area contributed by atoms with Crippen molar-refractivity contribution in [2.45, 2.75) is 32.6 Å². The number of benzene rings is 2.